The lowest BCUT2D eigenvalue weighted by atomic mass is 9.84. The van der Waals surface area contributed by atoms with Crippen molar-refractivity contribution in [2.24, 2.45) is 5.92 Å². The van der Waals surface area contributed by atoms with Crippen molar-refractivity contribution in [1.82, 2.24) is 20.7 Å². The van der Waals surface area contributed by atoms with E-state index in [1.165, 1.54) is 16.7 Å². The number of hydrogen-bond donors (Lipinski definition) is 2. The Morgan fingerprint density at radius 3 is 2.53 bits per heavy atom. The molecule has 2 aliphatic heterocycles. The Morgan fingerprint density at radius 2 is 1.77 bits per heavy atom. The van der Waals surface area contributed by atoms with Gasteiger partial charge in [0.15, 0.2) is 0 Å². The molecule has 3 heterocycles. The number of nitrogens with zero attached hydrogens (tertiary/aromatic N) is 2. The zero-order valence-corrected chi connectivity index (χ0v) is 16.9. The Kier molecular flexibility index (Phi) is 5.30. The molecule has 1 amide bonds. The Bertz CT molecular complexity index is 991. The number of pyridine rings is 1. The first-order chi connectivity index (χ1) is 14.8. The molecule has 2 fully saturated rings. The molecule has 1 aromatic heterocycles. The highest BCUT2D eigenvalue weighted by molar-refractivity contribution is 5.78. The summed E-state index contributed by atoms with van der Waals surface area (Å²) >= 11 is 0. The minimum atomic E-state index is 0.187. The van der Waals surface area contributed by atoms with Crippen LogP contribution in [0.15, 0.2) is 79.1 Å². The van der Waals surface area contributed by atoms with E-state index >= 15 is 0 Å². The van der Waals surface area contributed by atoms with Gasteiger partial charge < -0.3 is 4.90 Å². The number of nitrogens with one attached hydrogen (secondary N) is 2. The lowest BCUT2D eigenvalue weighted by Gasteiger charge is -2.36. The van der Waals surface area contributed by atoms with Gasteiger partial charge in [0.05, 0.1) is 12.5 Å². The molecule has 0 bridgehead atoms. The van der Waals surface area contributed by atoms with Crippen LogP contribution in [0, 0.1) is 5.92 Å². The molecule has 30 heavy (non-hydrogen) atoms. The molecule has 0 radical (unpaired) electrons. The van der Waals surface area contributed by atoms with Crippen LogP contribution >= 0.6 is 0 Å². The number of amides is 1. The summed E-state index contributed by atoms with van der Waals surface area (Å²) in [6.07, 6.45) is 4.90. The SMILES string of the molecule is O=C(Cc1cccnc1)N1CCC2NNC(c3ccc(-c4ccccc4)cc3)C2C1. The maximum atomic E-state index is 12.9. The molecule has 3 unspecified atom stereocenters. The molecule has 3 atom stereocenters. The van der Waals surface area contributed by atoms with Gasteiger partial charge in [0.2, 0.25) is 5.91 Å². The summed E-state index contributed by atoms with van der Waals surface area (Å²) in [6, 6.07) is 23.7. The minimum absolute atomic E-state index is 0.187. The number of hydrogen-bond acceptors (Lipinski definition) is 4. The van der Waals surface area contributed by atoms with E-state index in [1.807, 2.05) is 23.1 Å². The number of carbonyl (C=O) groups is 1. The van der Waals surface area contributed by atoms with Gasteiger partial charge in [-0.05, 0) is 34.7 Å². The van der Waals surface area contributed by atoms with Crippen LogP contribution in [0.4, 0.5) is 0 Å². The van der Waals surface area contributed by atoms with Crippen LogP contribution in [0.25, 0.3) is 11.1 Å². The largest absolute Gasteiger partial charge is 0.342 e. The molecule has 3 aromatic rings. The number of fused-ring (bicyclic) bond motifs is 1. The minimum Gasteiger partial charge on any atom is -0.342 e. The molecule has 2 aromatic carbocycles. The maximum Gasteiger partial charge on any atom is 0.227 e. The number of piperidine rings is 1. The third-order valence-corrected chi connectivity index (χ3v) is 6.32. The number of benzene rings is 2. The van der Waals surface area contributed by atoms with Crippen molar-refractivity contribution >= 4 is 5.91 Å². The van der Waals surface area contributed by atoms with Crippen LogP contribution in [0.5, 0.6) is 0 Å². The van der Waals surface area contributed by atoms with Crippen molar-refractivity contribution in [1.29, 1.82) is 0 Å². The van der Waals surface area contributed by atoms with Crippen LogP contribution < -0.4 is 10.9 Å². The zero-order chi connectivity index (χ0) is 20.3. The molecule has 0 spiro atoms. The molecular formula is C25H26N4O. The first kappa shape index (κ1) is 19.0. The third-order valence-electron chi connectivity index (χ3n) is 6.32. The average molecular weight is 399 g/mol. The topological polar surface area (TPSA) is 57.3 Å². The number of hydrazine groups is 1. The summed E-state index contributed by atoms with van der Waals surface area (Å²) < 4.78 is 0. The van der Waals surface area contributed by atoms with E-state index < -0.39 is 0 Å². The van der Waals surface area contributed by atoms with Crippen LogP contribution in [0.3, 0.4) is 0 Å². The van der Waals surface area contributed by atoms with Gasteiger partial charge in [-0.3, -0.25) is 15.2 Å². The van der Waals surface area contributed by atoms with E-state index in [-0.39, 0.29) is 11.9 Å². The van der Waals surface area contributed by atoms with E-state index in [1.54, 1.807) is 12.4 Å². The van der Waals surface area contributed by atoms with Gasteiger partial charge in [0, 0.05) is 37.4 Å². The number of likely N-dealkylation sites (tertiary alicyclic amines) is 1. The molecule has 2 saturated heterocycles. The number of aromatic nitrogens is 1. The summed E-state index contributed by atoms with van der Waals surface area (Å²) in [5.41, 5.74) is 11.6. The fourth-order valence-electron chi connectivity index (χ4n) is 4.66. The summed E-state index contributed by atoms with van der Waals surface area (Å²) in [4.78, 5) is 19.0. The second kappa shape index (κ2) is 8.38. The molecule has 0 saturated carbocycles. The second-order valence-electron chi connectivity index (χ2n) is 8.19. The fourth-order valence-corrected chi connectivity index (χ4v) is 4.66. The van der Waals surface area contributed by atoms with Gasteiger partial charge >= 0.3 is 0 Å². The standard InChI is InChI=1S/C25H26N4O/c30-24(15-18-5-4-13-26-16-18)29-14-12-23-22(17-29)25(28-27-23)21-10-8-20(9-11-21)19-6-2-1-3-7-19/h1-11,13,16,22-23,25,27-28H,12,14-15,17H2. The summed E-state index contributed by atoms with van der Waals surface area (Å²) in [6.45, 7) is 1.57. The average Bonchev–Trinajstić information content (AvgIpc) is 3.24. The van der Waals surface area contributed by atoms with Gasteiger partial charge in [0.1, 0.15) is 0 Å². The van der Waals surface area contributed by atoms with E-state index in [0.717, 1.165) is 25.1 Å². The quantitative estimate of drug-likeness (QED) is 0.708. The molecule has 2 aliphatic rings. The normalized spacial score (nSPS) is 23.2. The Morgan fingerprint density at radius 1 is 0.967 bits per heavy atom. The van der Waals surface area contributed by atoms with Gasteiger partial charge in [-0.25, -0.2) is 5.43 Å². The Labute approximate surface area is 177 Å². The van der Waals surface area contributed by atoms with Gasteiger partial charge in [-0.15, -0.1) is 0 Å². The van der Waals surface area contributed by atoms with Gasteiger partial charge in [0.25, 0.3) is 0 Å². The van der Waals surface area contributed by atoms with Crippen LogP contribution in [0.1, 0.15) is 23.6 Å². The third kappa shape index (κ3) is 3.86. The number of rotatable bonds is 4. The van der Waals surface area contributed by atoms with Crippen LogP contribution in [-0.4, -0.2) is 34.9 Å². The number of carbonyl (C=O) groups excluding carboxylic acids is 1. The molecule has 0 aliphatic carbocycles. The fraction of sp³-hybridized carbons (Fsp3) is 0.280. The van der Waals surface area contributed by atoms with Crippen molar-refractivity contribution in [3.05, 3.63) is 90.3 Å². The molecule has 152 valence electrons. The monoisotopic (exact) mass is 398 g/mol. The molecule has 2 N–H and O–H groups in total. The molecular weight excluding hydrogens is 372 g/mol. The van der Waals surface area contributed by atoms with Gasteiger partial charge in [-0.2, -0.15) is 0 Å². The smallest absolute Gasteiger partial charge is 0.227 e. The Hall–Kier alpha value is -3.02. The molecule has 5 heteroatoms. The van der Waals surface area contributed by atoms with E-state index in [0.29, 0.717) is 18.4 Å². The highest BCUT2D eigenvalue weighted by atomic mass is 16.2. The maximum absolute atomic E-state index is 12.9. The zero-order valence-electron chi connectivity index (χ0n) is 16.9. The van der Waals surface area contributed by atoms with Gasteiger partial charge in [-0.1, -0.05) is 60.7 Å². The Balaban J connectivity index is 1.29. The predicted octanol–water partition coefficient (Wildman–Crippen LogP) is 3.36. The summed E-state index contributed by atoms with van der Waals surface area (Å²) in [5.74, 6) is 0.547. The molecule has 5 nitrogen and oxygen atoms in total. The predicted molar refractivity (Wildman–Crippen MR) is 117 cm³/mol. The summed E-state index contributed by atoms with van der Waals surface area (Å²) in [7, 11) is 0. The first-order valence-corrected chi connectivity index (χ1v) is 10.6. The van der Waals surface area contributed by atoms with E-state index in [4.69, 9.17) is 0 Å². The van der Waals surface area contributed by atoms with Crippen LogP contribution in [0.2, 0.25) is 0 Å². The van der Waals surface area contributed by atoms with Crippen molar-refractivity contribution in [2.75, 3.05) is 13.1 Å². The highest BCUT2D eigenvalue weighted by Crippen LogP contribution is 2.34. The van der Waals surface area contributed by atoms with Crippen molar-refractivity contribution < 1.29 is 4.79 Å². The van der Waals surface area contributed by atoms with Crippen molar-refractivity contribution in [3.8, 4) is 11.1 Å². The van der Waals surface area contributed by atoms with Crippen molar-refractivity contribution in [3.63, 3.8) is 0 Å². The second-order valence-corrected chi connectivity index (χ2v) is 8.19. The van der Waals surface area contributed by atoms with E-state index in [9.17, 15) is 4.79 Å². The lowest BCUT2D eigenvalue weighted by Crippen LogP contribution is -2.48. The van der Waals surface area contributed by atoms with E-state index in [2.05, 4.69) is 64.4 Å². The van der Waals surface area contributed by atoms with Crippen molar-refractivity contribution in [2.45, 2.75) is 24.9 Å². The summed E-state index contributed by atoms with van der Waals surface area (Å²) in [5, 5.41) is 0. The first-order valence-electron chi connectivity index (χ1n) is 10.6. The van der Waals surface area contributed by atoms with Crippen LogP contribution in [-0.2, 0) is 11.2 Å². The molecule has 5 rings (SSSR count). The highest BCUT2D eigenvalue weighted by Gasteiger charge is 2.41. The lowest BCUT2D eigenvalue weighted by molar-refractivity contribution is -0.132.